The van der Waals surface area contributed by atoms with Gasteiger partial charge in [0.15, 0.2) is 0 Å². The molecule has 2 heterocycles. The Labute approximate surface area is 132 Å². The van der Waals surface area contributed by atoms with Crippen LogP contribution in [-0.2, 0) is 11.7 Å². The molecule has 0 radical (unpaired) electrons. The molecule has 1 aliphatic heterocycles. The van der Waals surface area contributed by atoms with Crippen molar-refractivity contribution in [2.75, 3.05) is 0 Å². The van der Waals surface area contributed by atoms with E-state index in [0.29, 0.717) is 22.2 Å². The maximum absolute atomic E-state index is 13.8. The lowest BCUT2D eigenvalue weighted by atomic mass is 9.88. The van der Waals surface area contributed by atoms with Crippen LogP contribution < -0.4 is 0 Å². The van der Waals surface area contributed by atoms with E-state index in [0.717, 1.165) is 19.3 Å². The van der Waals surface area contributed by atoms with Crippen molar-refractivity contribution < 1.29 is 13.2 Å². The molecule has 118 valence electrons. The Balaban J connectivity index is 2.11. The summed E-state index contributed by atoms with van der Waals surface area (Å²) in [6.07, 6.45) is -1.48. The van der Waals surface area contributed by atoms with Crippen LogP contribution in [-0.4, -0.2) is 4.57 Å². The molecular formula is C17H17ClF3N. The highest BCUT2D eigenvalue weighted by molar-refractivity contribution is 6.31. The first-order valence-electron chi connectivity index (χ1n) is 7.62. The molecule has 0 bridgehead atoms. The number of benzene rings is 1. The summed E-state index contributed by atoms with van der Waals surface area (Å²) < 4.78 is 43.3. The summed E-state index contributed by atoms with van der Waals surface area (Å²) in [6.45, 7) is 4.07. The van der Waals surface area contributed by atoms with Crippen molar-refractivity contribution in [2.24, 2.45) is 5.92 Å². The van der Waals surface area contributed by atoms with Crippen LogP contribution in [0, 0.1) is 5.92 Å². The number of fused-ring (bicyclic) bond motifs is 3. The quantitative estimate of drug-likeness (QED) is 0.610. The van der Waals surface area contributed by atoms with Crippen molar-refractivity contribution in [3.8, 4) is 0 Å². The highest BCUT2D eigenvalue weighted by Crippen LogP contribution is 2.57. The van der Waals surface area contributed by atoms with Crippen LogP contribution >= 0.6 is 11.6 Å². The average Bonchev–Trinajstić information content (AvgIpc) is 3.09. The fourth-order valence-electron chi connectivity index (χ4n) is 4.20. The molecule has 1 atom stereocenters. The van der Waals surface area contributed by atoms with Gasteiger partial charge in [-0.3, -0.25) is 0 Å². The Kier molecular flexibility index (Phi) is 2.77. The van der Waals surface area contributed by atoms with Crippen molar-refractivity contribution in [3.05, 3.63) is 34.5 Å². The maximum atomic E-state index is 13.8. The molecule has 2 aromatic rings. The maximum Gasteiger partial charge on any atom is 0.418 e. The zero-order valence-electron chi connectivity index (χ0n) is 12.5. The zero-order valence-corrected chi connectivity index (χ0v) is 13.2. The van der Waals surface area contributed by atoms with Crippen molar-refractivity contribution in [1.82, 2.24) is 4.57 Å². The Morgan fingerprint density at radius 3 is 2.50 bits per heavy atom. The van der Waals surface area contributed by atoms with Crippen LogP contribution in [0.2, 0.25) is 5.02 Å². The lowest BCUT2D eigenvalue weighted by molar-refractivity contribution is -0.137. The van der Waals surface area contributed by atoms with E-state index in [-0.39, 0.29) is 16.8 Å². The lowest BCUT2D eigenvalue weighted by Gasteiger charge is -2.23. The number of alkyl halides is 3. The summed E-state index contributed by atoms with van der Waals surface area (Å²) in [7, 11) is 0. The summed E-state index contributed by atoms with van der Waals surface area (Å²) in [6, 6.07) is 4.87. The molecule has 1 aromatic carbocycles. The fraction of sp³-hybridized carbons (Fsp3) is 0.529. The highest BCUT2D eigenvalue weighted by atomic mass is 35.5. The molecule has 2 aliphatic rings. The van der Waals surface area contributed by atoms with Gasteiger partial charge >= 0.3 is 6.18 Å². The second-order valence-electron chi connectivity index (χ2n) is 7.22. The summed E-state index contributed by atoms with van der Waals surface area (Å²) in [5.41, 5.74) is 0.377. The van der Waals surface area contributed by atoms with Gasteiger partial charge in [0.2, 0.25) is 0 Å². The Morgan fingerprint density at radius 2 is 1.91 bits per heavy atom. The molecule has 1 aliphatic carbocycles. The number of rotatable bonds is 1. The lowest BCUT2D eigenvalue weighted by Crippen LogP contribution is -2.21. The molecule has 1 saturated carbocycles. The van der Waals surface area contributed by atoms with Crippen LogP contribution in [0.15, 0.2) is 18.2 Å². The minimum absolute atomic E-state index is 0.0119. The van der Waals surface area contributed by atoms with Gasteiger partial charge in [-0.1, -0.05) is 11.6 Å². The number of aromatic nitrogens is 1. The molecule has 22 heavy (non-hydrogen) atoms. The third-order valence-electron chi connectivity index (χ3n) is 5.12. The molecule has 1 aromatic heterocycles. The van der Waals surface area contributed by atoms with E-state index in [1.165, 1.54) is 6.07 Å². The minimum atomic E-state index is -4.35. The van der Waals surface area contributed by atoms with Gasteiger partial charge in [-0.05, 0) is 57.2 Å². The van der Waals surface area contributed by atoms with Crippen LogP contribution in [0.4, 0.5) is 13.2 Å². The molecule has 1 fully saturated rings. The van der Waals surface area contributed by atoms with Gasteiger partial charge in [0.25, 0.3) is 0 Å². The largest absolute Gasteiger partial charge is 0.418 e. The number of hydrogen-bond donors (Lipinski definition) is 0. The first kappa shape index (κ1) is 14.4. The van der Waals surface area contributed by atoms with Crippen molar-refractivity contribution in [3.63, 3.8) is 0 Å². The van der Waals surface area contributed by atoms with Gasteiger partial charge in [-0.15, -0.1) is 0 Å². The Bertz CT molecular complexity index is 768. The van der Waals surface area contributed by atoms with E-state index < -0.39 is 11.7 Å². The Hall–Kier alpha value is -1.16. The normalized spacial score (nSPS) is 24.0. The first-order chi connectivity index (χ1) is 10.2. The number of hydrogen-bond acceptors (Lipinski definition) is 0. The van der Waals surface area contributed by atoms with Crippen molar-refractivity contribution >= 4 is 22.5 Å². The van der Waals surface area contributed by atoms with Gasteiger partial charge in [0.05, 0.1) is 5.56 Å². The number of nitrogens with zero attached hydrogens (tertiary/aromatic N) is 1. The van der Waals surface area contributed by atoms with Gasteiger partial charge in [-0.25, -0.2) is 0 Å². The summed E-state index contributed by atoms with van der Waals surface area (Å²) in [5.74, 6) is 0.416. The molecule has 1 nitrogen and oxygen atoms in total. The van der Waals surface area contributed by atoms with Gasteiger partial charge in [0, 0.05) is 33.1 Å². The second-order valence-corrected chi connectivity index (χ2v) is 7.65. The van der Waals surface area contributed by atoms with Crippen LogP contribution in [0.5, 0.6) is 0 Å². The smallest absolute Gasteiger partial charge is 0.338 e. The van der Waals surface area contributed by atoms with E-state index in [4.69, 9.17) is 11.6 Å². The van der Waals surface area contributed by atoms with E-state index in [1.807, 2.05) is 18.4 Å². The monoisotopic (exact) mass is 327 g/mol. The standard InChI is InChI=1S/C17H17ClF3N/c1-16(2)8-12(9-3-4-9)15-14(17(19,20)21)11-7-10(18)5-6-13(11)22(15)16/h5-7,9,12H,3-4,8H2,1-2H3. The SMILES string of the molecule is CC1(C)CC(C2CC2)c2c(C(F)(F)F)c3cc(Cl)ccc3n21. The average molecular weight is 328 g/mol. The Morgan fingerprint density at radius 1 is 1.23 bits per heavy atom. The van der Waals surface area contributed by atoms with E-state index in [1.54, 1.807) is 12.1 Å². The van der Waals surface area contributed by atoms with Gasteiger partial charge in [-0.2, -0.15) is 13.2 Å². The predicted molar refractivity (Wildman–Crippen MR) is 81.4 cm³/mol. The summed E-state index contributed by atoms with van der Waals surface area (Å²) in [4.78, 5) is 0. The molecule has 0 saturated heterocycles. The van der Waals surface area contributed by atoms with E-state index >= 15 is 0 Å². The third-order valence-corrected chi connectivity index (χ3v) is 5.35. The molecule has 1 unspecified atom stereocenters. The van der Waals surface area contributed by atoms with Crippen LogP contribution in [0.1, 0.15) is 50.3 Å². The predicted octanol–water partition coefficient (Wildman–Crippen LogP) is 5.95. The molecule has 0 N–H and O–H groups in total. The van der Waals surface area contributed by atoms with Crippen LogP contribution in [0.3, 0.4) is 0 Å². The minimum Gasteiger partial charge on any atom is -0.338 e. The molecule has 5 heteroatoms. The van der Waals surface area contributed by atoms with Gasteiger partial charge in [0.1, 0.15) is 0 Å². The topological polar surface area (TPSA) is 4.93 Å². The summed E-state index contributed by atoms with van der Waals surface area (Å²) >= 11 is 5.97. The highest BCUT2D eigenvalue weighted by Gasteiger charge is 2.51. The summed E-state index contributed by atoms with van der Waals surface area (Å²) in [5, 5.41) is 0.594. The molecule has 0 amide bonds. The van der Waals surface area contributed by atoms with E-state index in [2.05, 4.69) is 0 Å². The molecule has 4 rings (SSSR count). The fourth-order valence-corrected chi connectivity index (χ4v) is 4.37. The van der Waals surface area contributed by atoms with Crippen LogP contribution in [0.25, 0.3) is 10.9 Å². The second kappa shape index (κ2) is 4.22. The zero-order chi connectivity index (χ0) is 15.9. The molecular weight excluding hydrogens is 311 g/mol. The first-order valence-corrected chi connectivity index (χ1v) is 7.99. The van der Waals surface area contributed by atoms with Crippen molar-refractivity contribution in [1.29, 1.82) is 0 Å². The third kappa shape index (κ3) is 1.92. The van der Waals surface area contributed by atoms with Gasteiger partial charge < -0.3 is 4.57 Å². The number of halogens is 4. The van der Waals surface area contributed by atoms with E-state index in [9.17, 15) is 13.2 Å². The van der Waals surface area contributed by atoms with Crippen molar-refractivity contribution in [2.45, 2.75) is 50.7 Å². The molecule has 0 spiro atoms.